The molecule has 3 heterocycles. The van der Waals surface area contributed by atoms with Crippen LogP contribution in [0.4, 0.5) is 0 Å². The van der Waals surface area contributed by atoms with Gasteiger partial charge in [-0.05, 0) is 25.4 Å². The van der Waals surface area contributed by atoms with Crippen LogP contribution in [0, 0.1) is 5.92 Å². The van der Waals surface area contributed by atoms with Gasteiger partial charge >= 0.3 is 0 Å². The Hall–Kier alpha value is -0.870. The van der Waals surface area contributed by atoms with Gasteiger partial charge in [0.2, 0.25) is 0 Å². The molecule has 0 spiro atoms. The molecule has 1 atom stereocenters. The number of oxazole rings is 1. The number of hydrogen-bond acceptors (Lipinski definition) is 4. The van der Waals surface area contributed by atoms with Crippen molar-refractivity contribution < 1.29 is 9.15 Å². The Bertz CT molecular complexity index is 327. The van der Waals surface area contributed by atoms with Crippen LogP contribution in [0.3, 0.4) is 0 Å². The molecule has 0 amide bonds. The molecule has 4 heteroatoms. The van der Waals surface area contributed by atoms with E-state index in [9.17, 15) is 0 Å². The monoisotopic (exact) mass is 208 g/mol. The van der Waals surface area contributed by atoms with E-state index in [0.29, 0.717) is 5.92 Å². The maximum Gasteiger partial charge on any atom is 0.194 e. The summed E-state index contributed by atoms with van der Waals surface area (Å²) in [5.74, 6) is 2.07. The van der Waals surface area contributed by atoms with E-state index in [-0.39, 0.29) is 0 Å². The molecule has 3 rings (SSSR count). The molecule has 2 aliphatic heterocycles. The maximum atomic E-state index is 5.49. The summed E-state index contributed by atoms with van der Waals surface area (Å²) in [6.45, 7) is 3.87. The molecule has 1 aromatic rings. The average molecular weight is 208 g/mol. The number of rotatable bonds is 3. The van der Waals surface area contributed by atoms with Crippen molar-refractivity contribution in [3.05, 3.63) is 17.8 Å². The lowest BCUT2D eigenvalue weighted by atomic mass is 9.99. The van der Waals surface area contributed by atoms with Gasteiger partial charge < -0.3 is 14.5 Å². The first kappa shape index (κ1) is 9.36. The molecule has 0 radical (unpaired) electrons. The quantitative estimate of drug-likeness (QED) is 0.803. The van der Waals surface area contributed by atoms with E-state index in [0.717, 1.165) is 56.6 Å². The fraction of sp³-hybridized carbons (Fsp3) is 0.727. The fourth-order valence-corrected chi connectivity index (χ4v) is 2.11. The van der Waals surface area contributed by atoms with Gasteiger partial charge in [0.25, 0.3) is 0 Å². The van der Waals surface area contributed by atoms with Crippen molar-refractivity contribution in [2.24, 2.45) is 5.92 Å². The molecule has 2 saturated heterocycles. The number of ether oxygens (including phenoxy) is 1. The lowest BCUT2D eigenvalue weighted by molar-refractivity contribution is 0.193. The summed E-state index contributed by atoms with van der Waals surface area (Å²) in [6.07, 6.45) is 3.86. The van der Waals surface area contributed by atoms with Crippen LogP contribution in [0.25, 0.3) is 0 Å². The molecule has 0 saturated carbocycles. The van der Waals surface area contributed by atoms with Gasteiger partial charge in [0.05, 0.1) is 12.3 Å². The standard InChI is InChI=1S/C11H16N2O2/c1-2-14-6-9(1)10-7-15-11(13-10)3-8-4-12-5-8/h7-9,12H,1-6H2. The van der Waals surface area contributed by atoms with Gasteiger partial charge in [-0.2, -0.15) is 0 Å². The maximum absolute atomic E-state index is 5.49. The molecule has 2 aliphatic rings. The molecule has 15 heavy (non-hydrogen) atoms. The van der Waals surface area contributed by atoms with E-state index in [2.05, 4.69) is 10.3 Å². The van der Waals surface area contributed by atoms with E-state index in [1.54, 1.807) is 6.26 Å². The second-order valence-electron chi connectivity index (χ2n) is 4.46. The summed E-state index contributed by atoms with van der Waals surface area (Å²) in [5.41, 5.74) is 1.08. The summed E-state index contributed by atoms with van der Waals surface area (Å²) < 4.78 is 10.8. The zero-order valence-electron chi connectivity index (χ0n) is 8.74. The Kier molecular flexibility index (Phi) is 2.46. The average Bonchev–Trinajstić information content (AvgIpc) is 2.82. The smallest absolute Gasteiger partial charge is 0.194 e. The normalized spacial score (nSPS) is 26.8. The van der Waals surface area contributed by atoms with Crippen molar-refractivity contribution in [1.29, 1.82) is 0 Å². The molecular formula is C11H16N2O2. The highest BCUT2D eigenvalue weighted by molar-refractivity contribution is 5.06. The van der Waals surface area contributed by atoms with E-state index in [1.807, 2.05) is 0 Å². The highest BCUT2D eigenvalue weighted by Crippen LogP contribution is 2.25. The lowest BCUT2D eigenvalue weighted by Gasteiger charge is -2.25. The van der Waals surface area contributed by atoms with Gasteiger partial charge in [-0.3, -0.25) is 0 Å². The molecule has 82 valence electrons. The third kappa shape index (κ3) is 1.92. The predicted octanol–water partition coefficient (Wildman–Crippen LogP) is 0.940. The van der Waals surface area contributed by atoms with Gasteiger partial charge in [-0.1, -0.05) is 0 Å². The van der Waals surface area contributed by atoms with Crippen LogP contribution < -0.4 is 5.32 Å². The molecule has 0 aliphatic carbocycles. The second kappa shape index (κ2) is 3.94. The van der Waals surface area contributed by atoms with Gasteiger partial charge in [0.1, 0.15) is 6.26 Å². The first-order valence-corrected chi connectivity index (χ1v) is 5.64. The van der Waals surface area contributed by atoms with Crippen LogP contribution >= 0.6 is 0 Å². The van der Waals surface area contributed by atoms with Gasteiger partial charge in [-0.25, -0.2) is 4.98 Å². The van der Waals surface area contributed by atoms with Crippen LogP contribution in [-0.4, -0.2) is 31.3 Å². The predicted molar refractivity (Wildman–Crippen MR) is 54.7 cm³/mol. The molecule has 1 aromatic heterocycles. The minimum absolute atomic E-state index is 0.460. The zero-order valence-corrected chi connectivity index (χ0v) is 8.74. The Morgan fingerprint density at radius 1 is 1.47 bits per heavy atom. The summed E-state index contributed by atoms with van der Waals surface area (Å²) in [5, 5.41) is 3.25. The first-order valence-electron chi connectivity index (χ1n) is 5.64. The van der Waals surface area contributed by atoms with Crippen LogP contribution in [-0.2, 0) is 11.2 Å². The van der Waals surface area contributed by atoms with Gasteiger partial charge in [-0.15, -0.1) is 0 Å². The Balaban J connectivity index is 1.64. The summed E-state index contributed by atoms with van der Waals surface area (Å²) in [7, 11) is 0. The minimum atomic E-state index is 0.460. The van der Waals surface area contributed by atoms with E-state index in [1.165, 1.54) is 0 Å². The van der Waals surface area contributed by atoms with Crippen molar-refractivity contribution in [3.8, 4) is 0 Å². The number of nitrogens with zero attached hydrogens (tertiary/aromatic N) is 1. The molecule has 1 unspecified atom stereocenters. The Labute approximate surface area is 89.0 Å². The molecular weight excluding hydrogens is 192 g/mol. The van der Waals surface area contributed by atoms with E-state index < -0.39 is 0 Å². The SMILES string of the molecule is c1oc(CC2CNC2)nc1C1CCOC1. The van der Waals surface area contributed by atoms with Crippen LogP contribution in [0.15, 0.2) is 10.7 Å². The van der Waals surface area contributed by atoms with Gasteiger partial charge in [0, 0.05) is 18.9 Å². The van der Waals surface area contributed by atoms with Crippen molar-refractivity contribution in [2.45, 2.75) is 18.8 Å². The Morgan fingerprint density at radius 2 is 2.40 bits per heavy atom. The molecule has 4 nitrogen and oxygen atoms in total. The highest BCUT2D eigenvalue weighted by atomic mass is 16.5. The van der Waals surface area contributed by atoms with Crippen molar-refractivity contribution in [1.82, 2.24) is 10.3 Å². The zero-order chi connectivity index (χ0) is 10.1. The first-order chi connectivity index (χ1) is 7.42. The van der Waals surface area contributed by atoms with Gasteiger partial charge in [0.15, 0.2) is 5.89 Å². The Morgan fingerprint density at radius 3 is 3.07 bits per heavy atom. The number of hydrogen-bond donors (Lipinski definition) is 1. The van der Waals surface area contributed by atoms with E-state index in [4.69, 9.17) is 9.15 Å². The topological polar surface area (TPSA) is 47.3 Å². The number of aromatic nitrogens is 1. The second-order valence-corrected chi connectivity index (χ2v) is 4.46. The number of nitrogens with one attached hydrogen (secondary N) is 1. The summed E-state index contributed by atoms with van der Waals surface area (Å²) in [6, 6.07) is 0. The third-order valence-electron chi connectivity index (χ3n) is 3.25. The van der Waals surface area contributed by atoms with Crippen LogP contribution in [0.2, 0.25) is 0 Å². The van der Waals surface area contributed by atoms with Crippen LogP contribution in [0.1, 0.15) is 23.9 Å². The third-order valence-corrected chi connectivity index (χ3v) is 3.25. The molecule has 0 aromatic carbocycles. The summed E-state index contributed by atoms with van der Waals surface area (Å²) >= 11 is 0. The van der Waals surface area contributed by atoms with E-state index >= 15 is 0 Å². The van der Waals surface area contributed by atoms with Crippen molar-refractivity contribution in [2.75, 3.05) is 26.3 Å². The lowest BCUT2D eigenvalue weighted by Crippen LogP contribution is -2.43. The minimum Gasteiger partial charge on any atom is -0.449 e. The van der Waals surface area contributed by atoms with Crippen molar-refractivity contribution >= 4 is 0 Å². The molecule has 2 fully saturated rings. The molecule has 1 N–H and O–H groups in total. The highest BCUT2D eigenvalue weighted by Gasteiger charge is 2.23. The van der Waals surface area contributed by atoms with Crippen LogP contribution in [0.5, 0.6) is 0 Å². The van der Waals surface area contributed by atoms with Crippen molar-refractivity contribution in [3.63, 3.8) is 0 Å². The fourth-order valence-electron chi connectivity index (χ4n) is 2.11. The molecule has 0 bridgehead atoms. The largest absolute Gasteiger partial charge is 0.449 e. The summed E-state index contributed by atoms with van der Waals surface area (Å²) in [4.78, 5) is 4.54.